The van der Waals surface area contributed by atoms with E-state index in [1.165, 1.54) is 0 Å². The fourth-order valence-electron chi connectivity index (χ4n) is 3.52. The lowest BCUT2D eigenvalue weighted by molar-refractivity contribution is -0.0578. The van der Waals surface area contributed by atoms with Crippen LogP contribution >= 0.6 is 0 Å². The highest BCUT2D eigenvalue weighted by atomic mass is 19.4. The number of nitrogen functional groups attached to an aromatic ring is 1. The highest BCUT2D eigenvalue weighted by molar-refractivity contribution is 6.25. The smallest absolute Gasteiger partial charge is 0.404 e. The van der Waals surface area contributed by atoms with E-state index < -0.39 is 17.5 Å². The van der Waals surface area contributed by atoms with Crippen LogP contribution in [-0.2, 0) is 12.8 Å². The second kappa shape index (κ2) is 6.66. The number of alkyl halides is 3. The van der Waals surface area contributed by atoms with E-state index >= 15 is 0 Å². The lowest BCUT2D eigenvalue weighted by atomic mass is 9.82. The van der Waals surface area contributed by atoms with Gasteiger partial charge in [0.2, 0.25) is 0 Å². The number of nitrogens with one attached hydrogen (secondary N) is 2. The zero-order valence-electron chi connectivity index (χ0n) is 14.3. The Kier molecular flexibility index (Phi) is 4.64. The summed E-state index contributed by atoms with van der Waals surface area (Å²) in [7, 11) is 0. The molecule has 1 aliphatic rings. The number of hydrogen-bond acceptors (Lipinski definition) is 6. The molecule has 1 unspecified atom stereocenters. The monoisotopic (exact) mass is 376 g/mol. The van der Waals surface area contributed by atoms with Gasteiger partial charge in [0, 0.05) is 40.7 Å². The lowest BCUT2D eigenvalue weighted by Gasteiger charge is -2.27. The number of allylic oxidation sites excluding steroid dienone is 1. The van der Waals surface area contributed by atoms with Gasteiger partial charge >= 0.3 is 6.18 Å². The zero-order valence-corrected chi connectivity index (χ0v) is 14.3. The Hall–Kier alpha value is -2.94. The predicted octanol–water partition coefficient (Wildman–Crippen LogP) is 2.51. The second-order valence-electron chi connectivity index (χ2n) is 6.48. The Bertz CT molecular complexity index is 977. The van der Waals surface area contributed by atoms with Gasteiger partial charge in [0.05, 0.1) is 11.2 Å². The quantitative estimate of drug-likeness (QED) is 0.415. The van der Waals surface area contributed by atoms with E-state index in [2.05, 4.69) is 4.98 Å². The van der Waals surface area contributed by atoms with Crippen LogP contribution in [0.2, 0.25) is 0 Å². The summed E-state index contributed by atoms with van der Waals surface area (Å²) in [5.41, 5.74) is 18.0. The number of fused-ring (bicyclic) bond motifs is 3. The minimum absolute atomic E-state index is 0.0122. The molecule has 0 aliphatic heterocycles. The Morgan fingerprint density at radius 3 is 2.56 bits per heavy atom. The number of halogens is 3. The van der Waals surface area contributed by atoms with Crippen LogP contribution in [-0.4, -0.2) is 29.1 Å². The van der Waals surface area contributed by atoms with Crippen molar-refractivity contribution in [2.24, 2.45) is 11.5 Å². The SMILES string of the molecule is N=Cc1c(N)ccc2nc(/C(=C/N)C(=N)C(F)(F)F)c3c(c12)CCC(N)C3. The maximum absolute atomic E-state index is 13.1. The van der Waals surface area contributed by atoms with Gasteiger partial charge < -0.3 is 22.6 Å². The maximum Gasteiger partial charge on any atom is 0.433 e. The number of pyridine rings is 1. The normalized spacial score (nSPS) is 17.6. The minimum atomic E-state index is -4.85. The van der Waals surface area contributed by atoms with Crippen LogP contribution in [0.3, 0.4) is 0 Å². The van der Waals surface area contributed by atoms with E-state index in [0.717, 1.165) is 18.0 Å². The van der Waals surface area contributed by atoms with Crippen molar-refractivity contribution in [3.63, 3.8) is 0 Å². The summed E-state index contributed by atoms with van der Waals surface area (Å²) < 4.78 is 39.4. The standard InChI is InChI=1S/C18H19F3N6/c19-18(20,21)17(26)12(7-23)16-10-5-8(24)1-2-9(10)15-11(6-22)13(25)3-4-14(15)27-16/h3-4,6-8,22,26H,1-2,5,23-25H2/b12-7-,22-6?,26-17?. The fourth-order valence-corrected chi connectivity index (χ4v) is 3.52. The molecule has 27 heavy (non-hydrogen) atoms. The zero-order chi connectivity index (χ0) is 19.9. The molecule has 6 nitrogen and oxygen atoms in total. The largest absolute Gasteiger partial charge is 0.433 e. The minimum Gasteiger partial charge on any atom is -0.404 e. The molecule has 8 N–H and O–H groups in total. The van der Waals surface area contributed by atoms with Crippen LogP contribution in [0.1, 0.15) is 28.8 Å². The highest BCUT2D eigenvalue weighted by Crippen LogP contribution is 2.37. The Morgan fingerprint density at radius 2 is 1.96 bits per heavy atom. The van der Waals surface area contributed by atoms with Crippen LogP contribution in [0.25, 0.3) is 16.5 Å². The van der Waals surface area contributed by atoms with Gasteiger partial charge in [-0.25, -0.2) is 4.98 Å². The third-order valence-electron chi connectivity index (χ3n) is 4.79. The number of benzene rings is 1. The summed E-state index contributed by atoms with van der Waals surface area (Å²) in [4.78, 5) is 4.37. The molecule has 3 rings (SSSR count). The van der Waals surface area contributed by atoms with Crippen LogP contribution in [0.4, 0.5) is 18.9 Å². The first-order chi connectivity index (χ1) is 12.7. The van der Waals surface area contributed by atoms with Crippen LogP contribution in [0.15, 0.2) is 18.3 Å². The number of aromatic nitrogens is 1. The molecule has 0 amide bonds. The van der Waals surface area contributed by atoms with Crippen molar-refractivity contribution in [1.29, 1.82) is 10.8 Å². The molecule has 142 valence electrons. The van der Waals surface area contributed by atoms with Gasteiger partial charge in [-0.2, -0.15) is 13.2 Å². The van der Waals surface area contributed by atoms with Crippen LogP contribution in [0.5, 0.6) is 0 Å². The molecule has 1 aromatic carbocycles. The Labute approximate surface area is 153 Å². The summed E-state index contributed by atoms with van der Waals surface area (Å²) in [6.45, 7) is 0. The van der Waals surface area contributed by atoms with E-state index in [-0.39, 0.29) is 11.7 Å². The lowest BCUT2D eigenvalue weighted by Crippen LogP contribution is -2.31. The topological polar surface area (TPSA) is 139 Å². The molecule has 2 aromatic rings. The summed E-state index contributed by atoms with van der Waals surface area (Å²) in [6.07, 6.45) is -1.50. The van der Waals surface area contributed by atoms with Crippen molar-refractivity contribution in [3.05, 3.63) is 40.7 Å². The maximum atomic E-state index is 13.1. The van der Waals surface area contributed by atoms with Gasteiger partial charge in [-0.3, -0.25) is 5.41 Å². The number of anilines is 1. The van der Waals surface area contributed by atoms with Crippen molar-refractivity contribution in [3.8, 4) is 0 Å². The third kappa shape index (κ3) is 3.14. The number of hydrogen-bond donors (Lipinski definition) is 5. The first-order valence-corrected chi connectivity index (χ1v) is 8.27. The first-order valence-electron chi connectivity index (χ1n) is 8.27. The van der Waals surface area contributed by atoms with E-state index in [1.807, 2.05) is 0 Å². The summed E-state index contributed by atoms with van der Waals surface area (Å²) in [6, 6.07) is 2.92. The summed E-state index contributed by atoms with van der Waals surface area (Å²) >= 11 is 0. The second-order valence-corrected chi connectivity index (χ2v) is 6.48. The molecule has 1 heterocycles. The third-order valence-corrected chi connectivity index (χ3v) is 4.79. The van der Waals surface area contributed by atoms with Crippen LogP contribution in [0, 0.1) is 10.8 Å². The van der Waals surface area contributed by atoms with E-state index in [1.54, 1.807) is 12.1 Å². The molecule has 0 saturated heterocycles. The molecule has 1 atom stereocenters. The van der Waals surface area contributed by atoms with Crippen molar-refractivity contribution in [2.75, 3.05) is 5.73 Å². The van der Waals surface area contributed by atoms with Gasteiger partial charge in [0.15, 0.2) is 0 Å². The van der Waals surface area contributed by atoms with E-state index in [0.29, 0.717) is 47.0 Å². The first kappa shape index (κ1) is 18.8. The highest BCUT2D eigenvalue weighted by Gasteiger charge is 2.39. The van der Waals surface area contributed by atoms with E-state index in [9.17, 15) is 13.2 Å². The van der Waals surface area contributed by atoms with Gasteiger partial charge in [0.25, 0.3) is 0 Å². The molecule has 1 aromatic heterocycles. The molecule has 0 saturated carbocycles. The predicted molar refractivity (Wildman–Crippen MR) is 100.0 cm³/mol. The van der Waals surface area contributed by atoms with Crippen molar-refractivity contribution in [2.45, 2.75) is 31.5 Å². The molecule has 0 fully saturated rings. The number of aryl methyl sites for hydroxylation is 1. The average molecular weight is 376 g/mol. The van der Waals surface area contributed by atoms with Gasteiger partial charge in [-0.15, -0.1) is 0 Å². The Balaban J connectivity index is 2.38. The van der Waals surface area contributed by atoms with Crippen LogP contribution < -0.4 is 17.2 Å². The average Bonchev–Trinajstić information content (AvgIpc) is 2.61. The van der Waals surface area contributed by atoms with Gasteiger partial charge in [-0.1, -0.05) is 0 Å². The molecule has 0 spiro atoms. The molecule has 0 radical (unpaired) electrons. The fraction of sp³-hybridized carbons (Fsp3) is 0.278. The number of nitrogens with two attached hydrogens (primary N) is 3. The number of rotatable bonds is 3. The van der Waals surface area contributed by atoms with Crippen molar-refractivity contribution >= 4 is 34.1 Å². The summed E-state index contributed by atoms with van der Waals surface area (Å²) in [5.74, 6) is 0. The number of nitrogens with zero attached hydrogens (tertiary/aromatic N) is 1. The molecule has 9 heteroatoms. The molecule has 0 bridgehead atoms. The molecule has 1 aliphatic carbocycles. The van der Waals surface area contributed by atoms with Gasteiger partial charge in [0.1, 0.15) is 5.71 Å². The van der Waals surface area contributed by atoms with Crippen molar-refractivity contribution < 1.29 is 13.2 Å². The van der Waals surface area contributed by atoms with E-state index in [4.69, 9.17) is 28.0 Å². The molecular weight excluding hydrogens is 357 g/mol. The molecular formula is C18H19F3N6. The Morgan fingerprint density at radius 1 is 1.26 bits per heavy atom. The van der Waals surface area contributed by atoms with Crippen molar-refractivity contribution in [1.82, 2.24) is 4.98 Å². The summed E-state index contributed by atoms with van der Waals surface area (Å²) in [5, 5.41) is 15.8. The van der Waals surface area contributed by atoms with Gasteiger partial charge in [-0.05, 0) is 42.5 Å².